The van der Waals surface area contributed by atoms with Crippen LogP contribution in [0.15, 0.2) is 30.6 Å². The first kappa shape index (κ1) is 40.6. The van der Waals surface area contributed by atoms with Crippen molar-refractivity contribution in [2.45, 2.75) is 115 Å². The van der Waals surface area contributed by atoms with Crippen LogP contribution in [0.3, 0.4) is 0 Å². The summed E-state index contributed by atoms with van der Waals surface area (Å²) in [5.74, 6) is -0.335. The minimum atomic E-state index is -6.14. The second-order valence-corrected chi connectivity index (χ2v) is 26.6. The van der Waals surface area contributed by atoms with E-state index in [9.17, 15) is 31.7 Å². The Morgan fingerprint density at radius 2 is 1.61 bits per heavy atom. The van der Waals surface area contributed by atoms with Crippen molar-refractivity contribution in [2.24, 2.45) is 0 Å². The van der Waals surface area contributed by atoms with E-state index in [-0.39, 0.29) is 52.4 Å². The van der Waals surface area contributed by atoms with Gasteiger partial charge >= 0.3 is 21.6 Å². The number of hydrogen-bond acceptors (Lipinski definition) is 12. The number of alkyl halides is 3. The summed E-state index contributed by atoms with van der Waals surface area (Å²) in [5.41, 5.74) is -5.27. The van der Waals surface area contributed by atoms with E-state index < -0.39 is 61.6 Å². The zero-order chi connectivity index (χ0) is 38.4. The molecule has 1 aliphatic heterocycles. The summed E-state index contributed by atoms with van der Waals surface area (Å²) in [6, 6.07) is 4.57. The molecular formula is C31H46F3N5O9SSi2. The Balaban J connectivity index is 1.70. The molecule has 3 atom stereocenters. The maximum atomic E-state index is 13.3. The molecule has 0 N–H and O–H groups in total. The number of benzene rings is 1. The predicted molar refractivity (Wildman–Crippen MR) is 187 cm³/mol. The number of nitrogens with zero attached hydrogens (tertiary/aromatic N) is 5. The van der Waals surface area contributed by atoms with Crippen LogP contribution in [0, 0.1) is 10.1 Å². The number of halogens is 3. The molecule has 2 aromatic heterocycles. The van der Waals surface area contributed by atoms with Gasteiger partial charge in [-0.3, -0.25) is 14.7 Å². The molecule has 14 nitrogen and oxygen atoms in total. The highest BCUT2D eigenvalue weighted by Gasteiger charge is 2.50. The Bertz CT molecular complexity index is 1830. The molecule has 0 unspecified atom stereocenters. The molecule has 0 saturated carbocycles. The third kappa shape index (κ3) is 9.25. The van der Waals surface area contributed by atoms with Crippen molar-refractivity contribution in [3.8, 4) is 11.9 Å². The van der Waals surface area contributed by atoms with Gasteiger partial charge in [-0.25, -0.2) is 4.98 Å². The number of fused-ring (bicyclic) bond motifs is 1. The lowest BCUT2D eigenvalue weighted by atomic mass is 10.1. The van der Waals surface area contributed by atoms with Crippen molar-refractivity contribution in [1.29, 1.82) is 0 Å². The summed E-state index contributed by atoms with van der Waals surface area (Å²) in [5, 5.41) is 10.8. The number of imidazole rings is 1. The molecule has 0 spiro atoms. The van der Waals surface area contributed by atoms with Crippen LogP contribution in [0.4, 0.5) is 18.9 Å². The van der Waals surface area contributed by atoms with E-state index in [0.717, 1.165) is 0 Å². The molecule has 0 aliphatic carbocycles. The minimum Gasteiger partial charge on any atom is -0.476 e. The van der Waals surface area contributed by atoms with E-state index in [1.54, 1.807) is 0 Å². The number of ether oxygens (including phenoxy) is 2. The fourth-order valence-corrected chi connectivity index (χ4v) is 7.36. The quantitative estimate of drug-likeness (QED) is 0.0560. The number of non-ortho nitro benzene ring substituents is 1. The van der Waals surface area contributed by atoms with Crippen molar-refractivity contribution in [1.82, 2.24) is 19.5 Å². The Kier molecular flexibility index (Phi) is 11.4. The van der Waals surface area contributed by atoms with Gasteiger partial charge in [-0.05, 0) is 41.8 Å². The Morgan fingerprint density at radius 3 is 2.16 bits per heavy atom. The lowest BCUT2D eigenvalue weighted by Crippen LogP contribution is -2.48. The third-order valence-corrected chi connectivity index (χ3v) is 19.7. The van der Waals surface area contributed by atoms with Crippen molar-refractivity contribution in [2.75, 3.05) is 13.2 Å². The van der Waals surface area contributed by atoms with Crippen LogP contribution in [0.2, 0.25) is 36.3 Å². The highest BCUT2D eigenvalue weighted by molar-refractivity contribution is 7.87. The largest absolute Gasteiger partial charge is 0.534 e. The molecule has 1 fully saturated rings. The predicted octanol–water partition coefficient (Wildman–Crippen LogP) is 7.28. The fraction of sp³-hybridized carbons (Fsp3) is 0.645. The SMILES string of the molecule is CC(C)(C)[Si](C)(C)OC[C@H]1O[C@@H](n2cnc3c(OCCc4ccc([N+](=O)[O-])cc4)nc(OS(=O)(=O)C(F)(F)F)nc32)C[C@@H]1O[Si](C)(C)C(C)(C)C. The van der Waals surface area contributed by atoms with Crippen LogP contribution in [0.1, 0.15) is 59.8 Å². The van der Waals surface area contributed by atoms with Gasteiger partial charge in [0, 0.05) is 25.0 Å². The molecule has 1 aliphatic rings. The Hall–Kier alpha value is -3.18. The molecule has 4 rings (SSSR count). The van der Waals surface area contributed by atoms with E-state index in [1.165, 1.54) is 35.2 Å². The highest BCUT2D eigenvalue weighted by atomic mass is 32.2. The van der Waals surface area contributed by atoms with Crippen molar-refractivity contribution in [3.05, 3.63) is 46.3 Å². The van der Waals surface area contributed by atoms with Crippen LogP contribution in [-0.4, -0.2) is 80.4 Å². The van der Waals surface area contributed by atoms with Gasteiger partial charge in [0.1, 0.15) is 12.3 Å². The van der Waals surface area contributed by atoms with Gasteiger partial charge in [0.05, 0.1) is 30.6 Å². The van der Waals surface area contributed by atoms with Gasteiger partial charge in [-0.15, -0.1) is 0 Å². The maximum absolute atomic E-state index is 13.3. The number of hydrogen-bond donors (Lipinski definition) is 0. The third-order valence-electron chi connectivity index (χ3n) is 9.77. The lowest BCUT2D eigenvalue weighted by Gasteiger charge is -2.40. The normalized spacial score (nSPS) is 19.4. The minimum absolute atomic E-state index is 0.0156. The van der Waals surface area contributed by atoms with Crippen LogP contribution in [0.5, 0.6) is 11.9 Å². The van der Waals surface area contributed by atoms with Crippen LogP contribution in [0.25, 0.3) is 11.2 Å². The average Bonchev–Trinajstić information content (AvgIpc) is 3.58. The molecule has 0 radical (unpaired) electrons. The summed E-state index contributed by atoms with van der Waals surface area (Å²) in [6.07, 6.45) is 0.161. The van der Waals surface area contributed by atoms with Gasteiger partial charge < -0.3 is 22.5 Å². The molecule has 1 aromatic carbocycles. The standard InChI is InChI=1S/C31H46F3N5O9SSi2/c1-29(2,3)50(7,8)45-18-23-22(48-51(9,10)30(4,5)6)17-24(46-23)38-19-35-25-26(38)36-28(47-49(42,43)31(32,33)34)37-27(25)44-16-15-20-11-13-21(14-12-20)39(40)41/h11-14,19,22-24H,15-18H2,1-10H3/t22-,23+,24+/m0/s1. The fourth-order valence-electron chi connectivity index (χ4n) is 4.62. The molecule has 1 saturated heterocycles. The molecule has 3 heterocycles. The first-order valence-corrected chi connectivity index (χ1v) is 23.5. The summed E-state index contributed by atoms with van der Waals surface area (Å²) < 4.78 is 95.3. The molecule has 0 bridgehead atoms. The van der Waals surface area contributed by atoms with E-state index in [0.29, 0.717) is 12.0 Å². The zero-order valence-electron chi connectivity index (χ0n) is 30.4. The molecule has 284 valence electrons. The van der Waals surface area contributed by atoms with E-state index >= 15 is 0 Å². The topological polar surface area (TPSA) is 167 Å². The summed E-state index contributed by atoms with van der Waals surface area (Å²) in [7, 11) is -10.7. The molecule has 0 amide bonds. The number of aromatic nitrogens is 4. The van der Waals surface area contributed by atoms with Gasteiger partial charge in [0.2, 0.25) is 5.88 Å². The van der Waals surface area contributed by atoms with Crippen molar-refractivity contribution >= 4 is 43.6 Å². The molecule has 20 heteroatoms. The van der Waals surface area contributed by atoms with E-state index in [1.807, 2.05) is 0 Å². The smallest absolute Gasteiger partial charge is 0.476 e. The van der Waals surface area contributed by atoms with Crippen LogP contribution in [-0.2, 0) is 30.1 Å². The average molecular weight is 778 g/mol. The van der Waals surface area contributed by atoms with Crippen molar-refractivity contribution < 1.29 is 49.0 Å². The van der Waals surface area contributed by atoms with Gasteiger partial charge in [0.25, 0.3) is 5.69 Å². The molecule has 3 aromatic rings. The lowest BCUT2D eigenvalue weighted by molar-refractivity contribution is -0.384. The van der Waals surface area contributed by atoms with Gasteiger partial charge in [0.15, 0.2) is 27.8 Å². The summed E-state index contributed by atoms with van der Waals surface area (Å²) in [4.78, 5) is 22.6. The summed E-state index contributed by atoms with van der Waals surface area (Å²) in [6.45, 7) is 21.4. The van der Waals surface area contributed by atoms with Gasteiger partial charge in [-0.1, -0.05) is 53.7 Å². The second-order valence-electron chi connectivity index (χ2n) is 15.5. The first-order chi connectivity index (χ1) is 23.2. The van der Waals surface area contributed by atoms with Crippen LogP contribution >= 0.6 is 0 Å². The van der Waals surface area contributed by atoms with Crippen LogP contribution < -0.4 is 8.92 Å². The zero-order valence-corrected chi connectivity index (χ0v) is 33.2. The number of nitro groups is 1. The summed E-state index contributed by atoms with van der Waals surface area (Å²) >= 11 is 0. The number of rotatable bonds is 13. The first-order valence-electron chi connectivity index (χ1n) is 16.3. The monoisotopic (exact) mass is 777 g/mol. The second kappa shape index (κ2) is 14.3. The van der Waals surface area contributed by atoms with Crippen molar-refractivity contribution in [3.63, 3.8) is 0 Å². The molecule has 51 heavy (non-hydrogen) atoms. The number of nitro benzene ring substituents is 1. The Morgan fingerprint density at radius 1 is 1.00 bits per heavy atom. The molecular weight excluding hydrogens is 732 g/mol. The van der Waals surface area contributed by atoms with E-state index in [2.05, 4.69) is 86.9 Å². The Labute approximate surface area is 297 Å². The van der Waals surface area contributed by atoms with E-state index in [4.69, 9.17) is 18.3 Å². The van der Waals surface area contributed by atoms with Gasteiger partial charge in [-0.2, -0.15) is 31.6 Å². The highest BCUT2D eigenvalue weighted by Crippen LogP contribution is 2.43. The maximum Gasteiger partial charge on any atom is 0.534 e.